The Bertz CT molecular complexity index is 660. The molecule has 0 radical (unpaired) electrons. The van der Waals surface area contributed by atoms with E-state index in [4.69, 9.17) is 4.84 Å². The van der Waals surface area contributed by atoms with Gasteiger partial charge in [-0.15, -0.1) is 0 Å². The minimum atomic E-state index is -0.00467. The third-order valence-corrected chi connectivity index (χ3v) is 3.07. The molecule has 2 aromatic carbocycles. The van der Waals surface area contributed by atoms with Crippen molar-refractivity contribution in [1.29, 1.82) is 0 Å². The molecule has 102 valence electrons. The van der Waals surface area contributed by atoms with Gasteiger partial charge < -0.3 is 4.84 Å². The van der Waals surface area contributed by atoms with Gasteiger partial charge in [-0.2, -0.15) is 0 Å². The lowest BCUT2D eigenvalue weighted by Crippen LogP contribution is -2.09. The Labute approximate surface area is 118 Å². The summed E-state index contributed by atoms with van der Waals surface area (Å²) >= 11 is 0. The third-order valence-electron chi connectivity index (χ3n) is 3.07. The lowest BCUT2D eigenvalue weighted by molar-refractivity contribution is 0.103. The molecule has 2 rings (SSSR count). The highest BCUT2D eigenvalue weighted by Crippen LogP contribution is 2.16. The zero-order valence-electron chi connectivity index (χ0n) is 11.9. The number of nitrogens with zero attached hydrogens (tertiary/aromatic N) is 1. The maximum atomic E-state index is 12.6. The number of rotatable bonds is 4. The Hall–Kier alpha value is -2.42. The molecule has 2 aromatic rings. The summed E-state index contributed by atoms with van der Waals surface area (Å²) < 4.78 is 0. The second-order valence-corrected chi connectivity index (χ2v) is 4.60. The smallest absolute Gasteiger partial charge is 0.193 e. The number of carbonyl (C=O) groups excluding carboxylic acids is 1. The topological polar surface area (TPSA) is 38.7 Å². The molecule has 0 fully saturated rings. The third kappa shape index (κ3) is 2.94. The van der Waals surface area contributed by atoms with E-state index in [-0.39, 0.29) is 5.78 Å². The summed E-state index contributed by atoms with van der Waals surface area (Å²) in [6.45, 7) is 3.80. The zero-order chi connectivity index (χ0) is 14.5. The predicted molar refractivity (Wildman–Crippen MR) is 80.3 cm³/mol. The van der Waals surface area contributed by atoms with E-state index in [1.165, 1.54) is 7.11 Å². The van der Waals surface area contributed by atoms with Crippen LogP contribution in [0.15, 0.2) is 53.7 Å². The van der Waals surface area contributed by atoms with E-state index in [2.05, 4.69) is 5.16 Å². The molecule has 0 bridgehead atoms. The Morgan fingerprint density at radius 1 is 1.05 bits per heavy atom. The molecule has 0 aliphatic heterocycles. The van der Waals surface area contributed by atoms with Crippen molar-refractivity contribution in [2.24, 2.45) is 5.16 Å². The summed E-state index contributed by atoms with van der Waals surface area (Å²) in [5, 5.41) is 3.91. The molecule has 0 spiro atoms. The molecule has 0 saturated heterocycles. The lowest BCUT2D eigenvalue weighted by Gasteiger charge is -2.08. The largest absolute Gasteiger partial charge is 0.399 e. The molecule has 3 heteroatoms. The Kier molecular flexibility index (Phi) is 4.31. The maximum absolute atomic E-state index is 12.6. The Balaban J connectivity index is 2.48. The van der Waals surface area contributed by atoms with Gasteiger partial charge in [-0.1, -0.05) is 53.2 Å². The van der Waals surface area contributed by atoms with Crippen LogP contribution in [0.4, 0.5) is 0 Å². The molecule has 0 saturated carbocycles. The summed E-state index contributed by atoms with van der Waals surface area (Å²) in [4.78, 5) is 17.4. The predicted octanol–water partition coefficient (Wildman–Crippen LogP) is 3.60. The van der Waals surface area contributed by atoms with Gasteiger partial charge in [0.1, 0.15) is 7.11 Å². The summed E-state index contributed by atoms with van der Waals surface area (Å²) in [5.41, 5.74) is 3.86. The van der Waals surface area contributed by atoms with Crippen LogP contribution in [0.5, 0.6) is 0 Å². The van der Waals surface area contributed by atoms with Crippen LogP contribution in [-0.4, -0.2) is 18.6 Å². The second-order valence-electron chi connectivity index (χ2n) is 4.60. The van der Waals surface area contributed by atoms with E-state index >= 15 is 0 Å². The van der Waals surface area contributed by atoms with E-state index in [1.54, 1.807) is 0 Å². The molecular weight excluding hydrogens is 250 g/mol. The number of ketones is 1. The van der Waals surface area contributed by atoms with Gasteiger partial charge in [-0.25, -0.2) is 0 Å². The number of oxime groups is 1. The normalized spacial score (nSPS) is 11.2. The van der Waals surface area contributed by atoms with Gasteiger partial charge in [0.05, 0.1) is 5.71 Å². The summed E-state index contributed by atoms with van der Waals surface area (Å²) in [5.74, 6) is -0.00467. The molecule has 0 aliphatic carbocycles. The first-order valence-electron chi connectivity index (χ1n) is 6.42. The zero-order valence-corrected chi connectivity index (χ0v) is 11.9. The highest BCUT2D eigenvalue weighted by molar-refractivity contribution is 6.16. The highest BCUT2D eigenvalue weighted by Gasteiger charge is 2.15. The molecule has 3 nitrogen and oxygen atoms in total. The van der Waals surface area contributed by atoms with Crippen LogP contribution >= 0.6 is 0 Å². The van der Waals surface area contributed by atoms with Crippen LogP contribution in [0.3, 0.4) is 0 Å². The van der Waals surface area contributed by atoms with Crippen molar-refractivity contribution in [3.63, 3.8) is 0 Å². The SMILES string of the molecule is CO/N=C(\C)c1ccccc1C(=O)c1cccc(C)c1. The van der Waals surface area contributed by atoms with Crippen LogP contribution in [0, 0.1) is 6.92 Å². The first-order chi connectivity index (χ1) is 9.63. The van der Waals surface area contributed by atoms with Gasteiger partial charge in [-0.05, 0) is 19.9 Å². The monoisotopic (exact) mass is 267 g/mol. The number of aryl methyl sites for hydroxylation is 1. The van der Waals surface area contributed by atoms with Gasteiger partial charge in [-0.3, -0.25) is 4.79 Å². The minimum Gasteiger partial charge on any atom is -0.399 e. The molecule has 20 heavy (non-hydrogen) atoms. The number of benzene rings is 2. The Morgan fingerprint density at radius 2 is 1.75 bits per heavy atom. The fourth-order valence-electron chi connectivity index (χ4n) is 2.12. The van der Waals surface area contributed by atoms with Crippen molar-refractivity contribution in [2.75, 3.05) is 7.11 Å². The molecule has 0 aromatic heterocycles. The van der Waals surface area contributed by atoms with E-state index in [1.807, 2.05) is 62.4 Å². The molecule has 0 unspecified atom stereocenters. The van der Waals surface area contributed by atoms with E-state index < -0.39 is 0 Å². The summed E-state index contributed by atoms with van der Waals surface area (Å²) in [7, 11) is 1.49. The number of hydrogen-bond donors (Lipinski definition) is 0. The highest BCUT2D eigenvalue weighted by atomic mass is 16.6. The van der Waals surface area contributed by atoms with E-state index in [0.717, 1.165) is 11.1 Å². The fourth-order valence-corrected chi connectivity index (χ4v) is 2.12. The first-order valence-corrected chi connectivity index (χ1v) is 6.42. The molecular formula is C17H17NO2. The van der Waals surface area contributed by atoms with Gasteiger partial charge in [0.15, 0.2) is 5.78 Å². The van der Waals surface area contributed by atoms with Crippen molar-refractivity contribution in [3.05, 3.63) is 70.8 Å². The summed E-state index contributed by atoms with van der Waals surface area (Å²) in [6, 6.07) is 15.0. The molecule has 0 amide bonds. The molecule has 0 atom stereocenters. The van der Waals surface area contributed by atoms with Crippen molar-refractivity contribution >= 4 is 11.5 Å². The quantitative estimate of drug-likeness (QED) is 0.482. The van der Waals surface area contributed by atoms with E-state index in [0.29, 0.717) is 16.8 Å². The van der Waals surface area contributed by atoms with Crippen LogP contribution in [0.1, 0.15) is 34.0 Å². The van der Waals surface area contributed by atoms with Crippen molar-refractivity contribution in [1.82, 2.24) is 0 Å². The lowest BCUT2D eigenvalue weighted by atomic mass is 9.95. The van der Waals surface area contributed by atoms with Gasteiger partial charge in [0, 0.05) is 16.7 Å². The van der Waals surface area contributed by atoms with Gasteiger partial charge in [0.25, 0.3) is 0 Å². The van der Waals surface area contributed by atoms with Gasteiger partial charge >= 0.3 is 0 Å². The standard InChI is InChI=1S/C17H17NO2/c1-12-7-6-8-14(11-12)17(19)16-10-5-4-9-15(16)13(2)18-20-3/h4-11H,1-3H3/b18-13+. The average Bonchev–Trinajstić information content (AvgIpc) is 2.47. The van der Waals surface area contributed by atoms with Crippen LogP contribution in [-0.2, 0) is 4.84 Å². The van der Waals surface area contributed by atoms with Crippen molar-refractivity contribution < 1.29 is 9.63 Å². The number of hydrogen-bond acceptors (Lipinski definition) is 3. The van der Waals surface area contributed by atoms with Crippen LogP contribution < -0.4 is 0 Å². The van der Waals surface area contributed by atoms with Crippen molar-refractivity contribution in [2.45, 2.75) is 13.8 Å². The maximum Gasteiger partial charge on any atom is 0.193 e. The summed E-state index contributed by atoms with van der Waals surface area (Å²) in [6.07, 6.45) is 0. The molecule has 0 N–H and O–H groups in total. The van der Waals surface area contributed by atoms with Crippen LogP contribution in [0.2, 0.25) is 0 Å². The molecule has 0 heterocycles. The minimum absolute atomic E-state index is 0.00467. The Morgan fingerprint density at radius 3 is 2.40 bits per heavy atom. The molecule has 0 aliphatic rings. The van der Waals surface area contributed by atoms with Crippen molar-refractivity contribution in [3.8, 4) is 0 Å². The van der Waals surface area contributed by atoms with Gasteiger partial charge in [0.2, 0.25) is 0 Å². The number of carbonyl (C=O) groups is 1. The first kappa shape index (κ1) is 14.0. The second kappa shape index (κ2) is 6.15. The fraction of sp³-hybridized carbons (Fsp3) is 0.176. The van der Waals surface area contributed by atoms with E-state index in [9.17, 15) is 4.79 Å². The average molecular weight is 267 g/mol. The van der Waals surface area contributed by atoms with Crippen LogP contribution in [0.25, 0.3) is 0 Å².